The van der Waals surface area contributed by atoms with Crippen molar-refractivity contribution in [2.24, 2.45) is 11.7 Å². The first-order chi connectivity index (χ1) is 11.2. The molecule has 2 aromatic rings. The Morgan fingerprint density at radius 3 is 2.87 bits per heavy atom. The molecule has 1 heterocycles. The number of benzene rings is 1. The second kappa shape index (κ2) is 5.73. The van der Waals surface area contributed by atoms with Crippen LogP contribution in [0.5, 0.6) is 0 Å². The molecular formula is C16H20N6O. The van der Waals surface area contributed by atoms with Gasteiger partial charge in [0, 0.05) is 17.3 Å². The van der Waals surface area contributed by atoms with Gasteiger partial charge in [-0.1, -0.05) is 18.6 Å². The summed E-state index contributed by atoms with van der Waals surface area (Å²) >= 11 is 0. The molecule has 7 nitrogen and oxygen atoms in total. The number of nitrogens with zero attached hydrogens (tertiary/aromatic N) is 4. The number of carbonyl (C=O) groups excluding carboxylic acids is 1. The molecule has 0 aliphatic heterocycles. The van der Waals surface area contributed by atoms with E-state index in [1.54, 1.807) is 0 Å². The van der Waals surface area contributed by atoms with Crippen LogP contribution in [0.2, 0.25) is 0 Å². The highest BCUT2D eigenvalue weighted by atomic mass is 16.1. The monoisotopic (exact) mass is 312 g/mol. The van der Waals surface area contributed by atoms with Crippen LogP contribution in [0.3, 0.4) is 0 Å². The second-order valence-electron chi connectivity index (χ2n) is 6.45. The van der Waals surface area contributed by atoms with Crippen LogP contribution in [0.1, 0.15) is 38.1 Å². The van der Waals surface area contributed by atoms with E-state index in [0.717, 1.165) is 49.2 Å². The first kappa shape index (κ1) is 14.3. The molecule has 1 amide bonds. The Kier molecular flexibility index (Phi) is 3.57. The summed E-state index contributed by atoms with van der Waals surface area (Å²) in [5.41, 5.74) is 7.68. The molecule has 2 atom stereocenters. The van der Waals surface area contributed by atoms with Crippen molar-refractivity contribution in [1.82, 2.24) is 20.2 Å². The normalized spacial score (nSPS) is 23.9. The second-order valence-corrected chi connectivity index (χ2v) is 6.45. The molecule has 7 heteroatoms. The van der Waals surface area contributed by atoms with E-state index in [1.807, 2.05) is 28.9 Å². The Hall–Kier alpha value is -2.28. The number of rotatable bonds is 4. The van der Waals surface area contributed by atoms with E-state index in [0.29, 0.717) is 6.04 Å². The van der Waals surface area contributed by atoms with Crippen LogP contribution in [-0.2, 0) is 4.79 Å². The number of amides is 1. The van der Waals surface area contributed by atoms with Gasteiger partial charge >= 0.3 is 0 Å². The molecule has 1 aromatic carbocycles. The van der Waals surface area contributed by atoms with Crippen LogP contribution in [0.4, 0.5) is 5.69 Å². The molecule has 0 radical (unpaired) electrons. The third-order valence-corrected chi connectivity index (χ3v) is 4.68. The Balaban J connectivity index is 1.54. The van der Waals surface area contributed by atoms with E-state index in [4.69, 9.17) is 5.73 Å². The Bertz CT molecular complexity index is 723. The smallest absolute Gasteiger partial charge is 0.229 e. The van der Waals surface area contributed by atoms with E-state index in [2.05, 4.69) is 20.8 Å². The van der Waals surface area contributed by atoms with Crippen molar-refractivity contribution < 1.29 is 4.79 Å². The van der Waals surface area contributed by atoms with Crippen LogP contribution in [-0.4, -0.2) is 32.2 Å². The summed E-state index contributed by atoms with van der Waals surface area (Å²) in [6.07, 6.45) is 5.05. The van der Waals surface area contributed by atoms with E-state index in [9.17, 15) is 4.79 Å². The highest BCUT2D eigenvalue weighted by Gasteiger charge is 2.30. The zero-order valence-corrected chi connectivity index (χ0v) is 12.9. The molecule has 2 fully saturated rings. The summed E-state index contributed by atoms with van der Waals surface area (Å²) < 4.78 is 1.87. The van der Waals surface area contributed by atoms with Crippen LogP contribution in [0.25, 0.3) is 11.4 Å². The van der Waals surface area contributed by atoms with Gasteiger partial charge in [-0.15, -0.1) is 5.10 Å². The van der Waals surface area contributed by atoms with Crippen molar-refractivity contribution in [2.45, 2.75) is 44.2 Å². The standard InChI is InChI=1S/C16H20N6O/c17-14-6-2-5-13(14)16(23)18-11-4-1-3-10(9-11)15-19-20-21-22(15)12-7-8-12/h1,3-4,9,12-14H,2,5-8,17H2,(H,18,23). The lowest BCUT2D eigenvalue weighted by atomic mass is 10.0. The molecule has 0 saturated heterocycles. The zero-order valence-electron chi connectivity index (χ0n) is 12.9. The van der Waals surface area contributed by atoms with Crippen molar-refractivity contribution in [1.29, 1.82) is 0 Å². The maximum atomic E-state index is 12.4. The van der Waals surface area contributed by atoms with Crippen molar-refractivity contribution in [3.8, 4) is 11.4 Å². The van der Waals surface area contributed by atoms with Crippen LogP contribution in [0, 0.1) is 5.92 Å². The van der Waals surface area contributed by atoms with Gasteiger partial charge in [0.25, 0.3) is 0 Å². The number of anilines is 1. The van der Waals surface area contributed by atoms with E-state index < -0.39 is 0 Å². The third kappa shape index (κ3) is 2.84. The largest absolute Gasteiger partial charge is 0.327 e. The highest BCUT2D eigenvalue weighted by Crippen LogP contribution is 2.36. The number of aromatic nitrogens is 4. The minimum atomic E-state index is -0.0876. The summed E-state index contributed by atoms with van der Waals surface area (Å²) in [6, 6.07) is 8.05. The Morgan fingerprint density at radius 1 is 1.26 bits per heavy atom. The van der Waals surface area contributed by atoms with E-state index >= 15 is 0 Å². The first-order valence-corrected chi connectivity index (χ1v) is 8.17. The Morgan fingerprint density at radius 2 is 2.13 bits per heavy atom. The topological polar surface area (TPSA) is 98.7 Å². The molecule has 4 rings (SSSR count). The SMILES string of the molecule is NC1CCCC1C(=O)Nc1cccc(-c2nnnn2C2CC2)c1. The number of nitrogens with one attached hydrogen (secondary N) is 1. The quantitative estimate of drug-likeness (QED) is 0.896. The average Bonchev–Trinajstić information content (AvgIpc) is 3.11. The van der Waals surface area contributed by atoms with Crippen LogP contribution >= 0.6 is 0 Å². The Labute approximate surface area is 134 Å². The van der Waals surface area contributed by atoms with Gasteiger partial charge in [-0.05, 0) is 48.2 Å². The van der Waals surface area contributed by atoms with Gasteiger partial charge in [-0.3, -0.25) is 4.79 Å². The predicted molar refractivity (Wildman–Crippen MR) is 85.5 cm³/mol. The number of carbonyl (C=O) groups is 1. The lowest BCUT2D eigenvalue weighted by molar-refractivity contribution is -0.120. The molecule has 2 unspecified atom stereocenters. The summed E-state index contributed by atoms with van der Waals surface area (Å²) in [5.74, 6) is 0.672. The maximum absolute atomic E-state index is 12.4. The lowest BCUT2D eigenvalue weighted by Crippen LogP contribution is -2.34. The highest BCUT2D eigenvalue weighted by molar-refractivity contribution is 5.93. The van der Waals surface area contributed by atoms with Crippen molar-refractivity contribution in [2.75, 3.05) is 5.32 Å². The number of tetrazole rings is 1. The van der Waals surface area contributed by atoms with Gasteiger partial charge in [-0.25, -0.2) is 4.68 Å². The number of hydrogen-bond donors (Lipinski definition) is 2. The third-order valence-electron chi connectivity index (χ3n) is 4.68. The van der Waals surface area contributed by atoms with Crippen molar-refractivity contribution in [3.63, 3.8) is 0 Å². The summed E-state index contributed by atoms with van der Waals surface area (Å²) in [5, 5.41) is 15.0. The fourth-order valence-electron chi connectivity index (χ4n) is 3.23. The molecule has 120 valence electrons. The minimum absolute atomic E-state index is 0.00827. The van der Waals surface area contributed by atoms with Crippen molar-refractivity contribution in [3.05, 3.63) is 24.3 Å². The van der Waals surface area contributed by atoms with Gasteiger partial charge in [0.1, 0.15) is 0 Å². The maximum Gasteiger partial charge on any atom is 0.229 e. The fraction of sp³-hybridized carbons (Fsp3) is 0.500. The van der Waals surface area contributed by atoms with E-state index in [-0.39, 0.29) is 17.9 Å². The first-order valence-electron chi connectivity index (χ1n) is 8.17. The molecule has 0 bridgehead atoms. The zero-order chi connectivity index (χ0) is 15.8. The summed E-state index contributed by atoms with van der Waals surface area (Å²) in [6.45, 7) is 0. The lowest BCUT2D eigenvalue weighted by Gasteiger charge is -2.15. The average molecular weight is 312 g/mol. The van der Waals surface area contributed by atoms with Gasteiger partial charge in [0.05, 0.1) is 12.0 Å². The van der Waals surface area contributed by atoms with Gasteiger partial charge in [0.2, 0.25) is 5.91 Å². The molecule has 23 heavy (non-hydrogen) atoms. The number of nitrogens with two attached hydrogens (primary N) is 1. The fourth-order valence-corrected chi connectivity index (χ4v) is 3.23. The molecule has 3 N–H and O–H groups in total. The van der Waals surface area contributed by atoms with Gasteiger partial charge in [0.15, 0.2) is 5.82 Å². The molecule has 2 aliphatic rings. The molecule has 0 spiro atoms. The number of hydrogen-bond acceptors (Lipinski definition) is 5. The van der Waals surface area contributed by atoms with Crippen LogP contribution < -0.4 is 11.1 Å². The van der Waals surface area contributed by atoms with Crippen molar-refractivity contribution >= 4 is 11.6 Å². The van der Waals surface area contributed by atoms with Gasteiger partial charge < -0.3 is 11.1 Å². The molecule has 1 aromatic heterocycles. The summed E-state index contributed by atoms with van der Waals surface area (Å²) in [4.78, 5) is 12.4. The van der Waals surface area contributed by atoms with E-state index in [1.165, 1.54) is 0 Å². The summed E-state index contributed by atoms with van der Waals surface area (Å²) in [7, 11) is 0. The van der Waals surface area contributed by atoms with Crippen LogP contribution in [0.15, 0.2) is 24.3 Å². The minimum Gasteiger partial charge on any atom is -0.327 e. The predicted octanol–water partition coefficient (Wildman–Crippen LogP) is 1.74. The molecule has 2 aliphatic carbocycles. The molecule has 2 saturated carbocycles. The molecular weight excluding hydrogens is 292 g/mol. The van der Waals surface area contributed by atoms with Gasteiger partial charge in [-0.2, -0.15) is 0 Å².